The summed E-state index contributed by atoms with van der Waals surface area (Å²) in [7, 11) is 2.26. The van der Waals surface area contributed by atoms with Gasteiger partial charge in [-0.3, -0.25) is 0 Å². The van der Waals surface area contributed by atoms with Gasteiger partial charge in [0.15, 0.2) is 0 Å². The standard InChI is InChI=1S/C6H13IN/c1-8-6-4-2-3-5-7-8/h2-6H2,1H3/q-1. The maximum absolute atomic E-state index is 2.53. The number of hydrogen-bond acceptors (Lipinski definition) is 1. The van der Waals surface area contributed by atoms with Gasteiger partial charge in [0, 0.05) is 0 Å². The van der Waals surface area contributed by atoms with E-state index in [0.29, 0.717) is 21.5 Å². The first-order chi connectivity index (χ1) is 3.89. The molecule has 0 aromatic heterocycles. The molecule has 1 saturated heterocycles. The molecule has 0 spiro atoms. The molecule has 1 aliphatic rings. The van der Waals surface area contributed by atoms with Gasteiger partial charge in [0.25, 0.3) is 0 Å². The van der Waals surface area contributed by atoms with Crippen LogP contribution in [0.3, 0.4) is 0 Å². The van der Waals surface area contributed by atoms with Crippen LogP contribution in [0.15, 0.2) is 0 Å². The van der Waals surface area contributed by atoms with Gasteiger partial charge in [-0.15, -0.1) is 0 Å². The van der Waals surface area contributed by atoms with E-state index in [-0.39, 0.29) is 0 Å². The van der Waals surface area contributed by atoms with Gasteiger partial charge in [0.1, 0.15) is 0 Å². The fourth-order valence-electron chi connectivity index (χ4n) is 0.865. The zero-order valence-electron chi connectivity index (χ0n) is 5.36. The van der Waals surface area contributed by atoms with E-state index in [9.17, 15) is 0 Å². The van der Waals surface area contributed by atoms with Gasteiger partial charge in [-0.2, -0.15) is 0 Å². The Morgan fingerprint density at radius 1 is 1.25 bits per heavy atom. The van der Waals surface area contributed by atoms with Crippen molar-refractivity contribution in [2.75, 3.05) is 18.0 Å². The summed E-state index contributed by atoms with van der Waals surface area (Å²) in [4.78, 5) is 0. The van der Waals surface area contributed by atoms with Crippen LogP contribution < -0.4 is 21.5 Å². The average Bonchev–Trinajstić information content (AvgIpc) is 1.94. The Labute approximate surface area is 62.1 Å². The molecule has 0 atom stereocenters. The Kier molecular flexibility index (Phi) is 3.12. The van der Waals surface area contributed by atoms with E-state index < -0.39 is 0 Å². The van der Waals surface area contributed by atoms with Crippen molar-refractivity contribution in [2.24, 2.45) is 0 Å². The predicted octanol–water partition coefficient (Wildman–Crippen LogP) is -1.89. The fourth-order valence-corrected chi connectivity index (χ4v) is 3.25. The van der Waals surface area contributed by atoms with E-state index in [1.54, 1.807) is 0 Å². The fraction of sp³-hybridized carbons (Fsp3) is 1.00. The first kappa shape index (κ1) is 6.81. The zero-order valence-corrected chi connectivity index (χ0v) is 7.52. The van der Waals surface area contributed by atoms with E-state index in [0.717, 1.165) is 0 Å². The predicted molar refractivity (Wildman–Crippen MR) is 31.3 cm³/mol. The number of alkyl halides is 1. The Morgan fingerprint density at radius 2 is 2.12 bits per heavy atom. The first-order valence-electron chi connectivity index (χ1n) is 3.20. The first-order valence-corrected chi connectivity index (χ1v) is 5.69. The van der Waals surface area contributed by atoms with Gasteiger partial charge in [-0.1, -0.05) is 0 Å². The Balaban J connectivity index is 2.17. The van der Waals surface area contributed by atoms with Crippen LogP contribution in [0.4, 0.5) is 0 Å². The molecule has 0 aromatic rings. The molecule has 1 nitrogen and oxygen atoms in total. The minimum absolute atomic E-state index is 0.458. The van der Waals surface area contributed by atoms with Crippen LogP contribution in [-0.4, -0.2) is 21.1 Å². The normalized spacial score (nSPS) is 26.1. The van der Waals surface area contributed by atoms with Crippen LogP contribution >= 0.6 is 0 Å². The van der Waals surface area contributed by atoms with Crippen molar-refractivity contribution in [1.29, 1.82) is 0 Å². The molecule has 8 heavy (non-hydrogen) atoms. The summed E-state index contributed by atoms with van der Waals surface area (Å²) in [6.07, 6.45) is 4.41. The SMILES string of the molecule is CN1CCCCC[I-]1. The zero-order chi connectivity index (χ0) is 5.82. The summed E-state index contributed by atoms with van der Waals surface area (Å²) >= 11 is 0.458. The molecular weight excluding hydrogens is 213 g/mol. The molecule has 50 valence electrons. The van der Waals surface area contributed by atoms with Crippen LogP contribution in [-0.2, 0) is 0 Å². The summed E-state index contributed by atoms with van der Waals surface area (Å²) in [5.74, 6) is 0. The second kappa shape index (κ2) is 3.67. The Hall–Kier alpha value is 0.690. The summed E-state index contributed by atoms with van der Waals surface area (Å²) in [6.45, 7) is 1.37. The Bertz CT molecular complexity index is 57.5. The molecule has 1 fully saturated rings. The molecule has 0 unspecified atom stereocenters. The second-order valence-electron chi connectivity index (χ2n) is 2.20. The number of halogens is 1. The quantitative estimate of drug-likeness (QED) is 0.265. The Morgan fingerprint density at radius 3 is 3.00 bits per heavy atom. The third kappa shape index (κ3) is 2.31. The second-order valence-corrected chi connectivity index (χ2v) is 5.61. The monoisotopic (exact) mass is 226 g/mol. The molecule has 0 N–H and O–H groups in total. The minimum atomic E-state index is 0.458. The third-order valence-corrected chi connectivity index (χ3v) is 4.28. The number of hydrogen-bond donors (Lipinski definition) is 0. The van der Waals surface area contributed by atoms with E-state index in [1.165, 1.54) is 30.2 Å². The van der Waals surface area contributed by atoms with Crippen molar-refractivity contribution in [1.82, 2.24) is 3.11 Å². The van der Waals surface area contributed by atoms with E-state index in [2.05, 4.69) is 10.2 Å². The number of nitrogens with zero attached hydrogens (tertiary/aromatic N) is 1. The van der Waals surface area contributed by atoms with Crippen LogP contribution in [0, 0.1) is 0 Å². The average molecular weight is 226 g/mol. The summed E-state index contributed by atoms with van der Waals surface area (Å²) in [6, 6.07) is 0. The molecule has 0 amide bonds. The molecule has 1 heterocycles. The van der Waals surface area contributed by atoms with Crippen molar-refractivity contribution >= 4 is 0 Å². The molecule has 0 saturated carbocycles. The summed E-state index contributed by atoms with van der Waals surface area (Å²) < 4.78 is 4.06. The molecule has 1 aliphatic heterocycles. The molecule has 2 heteroatoms. The van der Waals surface area contributed by atoms with Crippen molar-refractivity contribution in [3.05, 3.63) is 0 Å². The van der Waals surface area contributed by atoms with Crippen molar-refractivity contribution < 1.29 is 21.5 Å². The molecule has 0 radical (unpaired) electrons. The van der Waals surface area contributed by atoms with Gasteiger partial charge in [-0.05, 0) is 0 Å². The van der Waals surface area contributed by atoms with Gasteiger partial charge in [-0.25, -0.2) is 0 Å². The van der Waals surface area contributed by atoms with Crippen LogP contribution in [0.5, 0.6) is 0 Å². The van der Waals surface area contributed by atoms with E-state index >= 15 is 0 Å². The van der Waals surface area contributed by atoms with Crippen molar-refractivity contribution in [3.63, 3.8) is 0 Å². The van der Waals surface area contributed by atoms with Crippen molar-refractivity contribution in [3.8, 4) is 0 Å². The third-order valence-electron chi connectivity index (χ3n) is 1.39. The van der Waals surface area contributed by atoms with E-state index in [1.807, 2.05) is 0 Å². The van der Waals surface area contributed by atoms with E-state index in [4.69, 9.17) is 0 Å². The number of rotatable bonds is 0. The van der Waals surface area contributed by atoms with Crippen LogP contribution in [0.2, 0.25) is 0 Å². The molecule has 0 aromatic carbocycles. The van der Waals surface area contributed by atoms with Gasteiger partial charge in [0.2, 0.25) is 0 Å². The molecule has 0 bridgehead atoms. The van der Waals surface area contributed by atoms with Crippen molar-refractivity contribution in [2.45, 2.75) is 19.3 Å². The van der Waals surface area contributed by atoms with Crippen LogP contribution in [0.25, 0.3) is 0 Å². The van der Waals surface area contributed by atoms with Gasteiger partial charge >= 0.3 is 61.9 Å². The van der Waals surface area contributed by atoms with Gasteiger partial charge < -0.3 is 0 Å². The molecular formula is C6H13IN-. The topological polar surface area (TPSA) is 3.24 Å². The van der Waals surface area contributed by atoms with Crippen LogP contribution in [0.1, 0.15) is 19.3 Å². The molecule has 1 rings (SSSR count). The van der Waals surface area contributed by atoms with Gasteiger partial charge in [0.05, 0.1) is 0 Å². The summed E-state index contributed by atoms with van der Waals surface area (Å²) in [5, 5.41) is 0. The summed E-state index contributed by atoms with van der Waals surface area (Å²) in [5.41, 5.74) is 0. The maximum atomic E-state index is 2.53. The molecule has 0 aliphatic carbocycles.